The SMILES string of the molecule is CC(C)NC(=O)CC[C@@H]1C[C@@H](S)CN1S(=O)(=O)c1ccc2ccccc2c1. The maximum atomic E-state index is 13.2. The lowest BCUT2D eigenvalue weighted by Crippen LogP contribution is -2.37. The number of nitrogens with one attached hydrogen (secondary N) is 1. The molecule has 2 atom stereocenters. The van der Waals surface area contributed by atoms with Gasteiger partial charge in [-0.15, -0.1) is 0 Å². The van der Waals surface area contributed by atoms with Crippen molar-refractivity contribution in [3.8, 4) is 0 Å². The van der Waals surface area contributed by atoms with Crippen LogP contribution in [0.25, 0.3) is 10.8 Å². The second-order valence-electron chi connectivity index (χ2n) is 7.39. The van der Waals surface area contributed by atoms with E-state index in [4.69, 9.17) is 0 Å². The van der Waals surface area contributed by atoms with Crippen molar-refractivity contribution in [1.29, 1.82) is 0 Å². The lowest BCUT2D eigenvalue weighted by molar-refractivity contribution is -0.121. The molecular formula is C20H26N2O3S2. The first-order valence-electron chi connectivity index (χ1n) is 9.25. The molecule has 0 bridgehead atoms. The normalized spacial score (nSPS) is 21.0. The summed E-state index contributed by atoms with van der Waals surface area (Å²) < 4.78 is 28.0. The van der Waals surface area contributed by atoms with Gasteiger partial charge in [-0.1, -0.05) is 30.3 Å². The predicted molar refractivity (Wildman–Crippen MR) is 112 cm³/mol. The Morgan fingerprint density at radius 1 is 1.22 bits per heavy atom. The highest BCUT2D eigenvalue weighted by Crippen LogP contribution is 2.32. The Hall–Kier alpha value is -1.57. The summed E-state index contributed by atoms with van der Waals surface area (Å²) in [5.41, 5.74) is 0. The number of hydrogen-bond acceptors (Lipinski definition) is 4. The first-order valence-corrected chi connectivity index (χ1v) is 11.2. The van der Waals surface area contributed by atoms with Gasteiger partial charge in [0, 0.05) is 30.3 Å². The van der Waals surface area contributed by atoms with Crippen LogP contribution in [0.2, 0.25) is 0 Å². The largest absolute Gasteiger partial charge is 0.354 e. The number of hydrogen-bond donors (Lipinski definition) is 2. The molecule has 0 spiro atoms. The van der Waals surface area contributed by atoms with Crippen molar-refractivity contribution in [1.82, 2.24) is 9.62 Å². The molecule has 146 valence electrons. The van der Waals surface area contributed by atoms with Gasteiger partial charge < -0.3 is 5.32 Å². The van der Waals surface area contributed by atoms with Gasteiger partial charge in [-0.05, 0) is 49.6 Å². The lowest BCUT2D eigenvalue weighted by atomic mass is 10.1. The van der Waals surface area contributed by atoms with E-state index in [-0.39, 0.29) is 23.2 Å². The van der Waals surface area contributed by atoms with Crippen molar-refractivity contribution in [2.45, 2.75) is 55.3 Å². The van der Waals surface area contributed by atoms with E-state index in [2.05, 4.69) is 17.9 Å². The molecule has 2 aromatic rings. The molecule has 0 unspecified atom stereocenters. The Kier molecular flexibility index (Phi) is 6.13. The maximum Gasteiger partial charge on any atom is 0.243 e. The zero-order valence-electron chi connectivity index (χ0n) is 15.6. The molecular weight excluding hydrogens is 380 g/mol. The zero-order valence-corrected chi connectivity index (χ0v) is 17.3. The molecule has 3 rings (SSSR count). The van der Waals surface area contributed by atoms with Crippen LogP contribution < -0.4 is 5.32 Å². The summed E-state index contributed by atoms with van der Waals surface area (Å²) in [6, 6.07) is 12.8. The summed E-state index contributed by atoms with van der Waals surface area (Å²) in [4.78, 5) is 12.3. The first kappa shape index (κ1) is 20.2. The van der Waals surface area contributed by atoms with E-state index in [0.29, 0.717) is 30.7 Å². The van der Waals surface area contributed by atoms with Crippen LogP contribution in [-0.2, 0) is 14.8 Å². The molecule has 0 saturated carbocycles. The smallest absolute Gasteiger partial charge is 0.243 e. The fourth-order valence-electron chi connectivity index (χ4n) is 3.57. The van der Waals surface area contributed by atoms with Crippen molar-refractivity contribution in [3.63, 3.8) is 0 Å². The number of sulfonamides is 1. The molecule has 1 aliphatic rings. The van der Waals surface area contributed by atoms with Crippen molar-refractivity contribution in [2.75, 3.05) is 6.54 Å². The van der Waals surface area contributed by atoms with Crippen LogP contribution in [0.3, 0.4) is 0 Å². The number of carbonyl (C=O) groups excluding carboxylic acids is 1. The van der Waals surface area contributed by atoms with E-state index < -0.39 is 10.0 Å². The Balaban J connectivity index is 1.81. The molecule has 0 radical (unpaired) electrons. The van der Waals surface area contributed by atoms with E-state index in [1.165, 1.54) is 4.31 Å². The minimum atomic E-state index is -3.63. The highest BCUT2D eigenvalue weighted by Gasteiger charge is 2.39. The van der Waals surface area contributed by atoms with Crippen LogP contribution >= 0.6 is 12.6 Å². The number of carbonyl (C=O) groups is 1. The van der Waals surface area contributed by atoms with Crippen molar-refractivity contribution in [2.24, 2.45) is 0 Å². The highest BCUT2D eigenvalue weighted by molar-refractivity contribution is 7.89. The summed E-state index contributed by atoms with van der Waals surface area (Å²) in [6.07, 6.45) is 1.47. The minimum absolute atomic E-state index is 0.0154. The average molecular weight is 407 g/mol. The fourth-order valence-corrected chi connectivity index (χ4v) is 5.85. The molecule has 1 saturated heterocycles. The number of rotatable bonds is 6. The molecule has 1 fully saturated rings. The molecule has 0 aliphatic carbocycles. The van der Waals surface area contributed by atoms with Gasteiger partial charge >= 0.3 is 0 Å². The topological polar surface area (TPSA) is 66.5 Å². The van der Waals surface area contributed by atoms with Gasteiger partial charge in [-0.25, -0.2) is 8.42 Å². The molecule has 5 nitrogen and oxygen atoms in total. The van der Waals surface area contributed by atoms with Gasteiger partial charge in [0.25, 0.3) is 0 Å². The van der Waals surface area contributed by atoms with Gasteiger partial charge in [0.15, 0.2) is 0 Å². The molecule has 27 heavy (non-hydrogen) atoms. The summed E-state index contributed by atoms with van der Waals surface area (Å²) in [5.74, 6) is -0.0457. The molecule has 1 aliphatic heterocycles. The van der Waals surface area contributed by atoms with Crippen molar-refractivity contribution in [3.05, 3.63) is 42.5 Å². The highest BCUT2D eigenvalue weighted by atomic mass is 32.2. The molecule has 1 amide bonds. The molecule has 0 aromatic heterocycles. The van der Waals surface area contributed by atoms with Crippen LogP contribution in [0.15, 0.2) is 47.4 Å². The van der Waals surface area contributed by atoms with Gasteiger partial charge in [-0.2, -0.15) is 16.9 Å². The van der Waals surface area contributed by atoms with Crippen LogP contribution in [0.4, 0.5) is 0 Å². The number of amides is 1. The van der Waals surface area contributed by atoms with Crippen LogP contribution in [0.5, 0.6) is 0 Å². The fraction of sp³-hybridized carbons (Fsp3) is 0.450. The number of nitrogens with zero attached hydrogens (tertiary/aromatic N) is 1. The first-order chi connectivity index (χ1) is 12.8. The Labute approximate surface area is 166 Å². The summed E-state index contributed by atoms with van der Waals surface area (Å²) in [6.45, 7) is 4.19. The van der Waals surface area contributed by atoms with E-state index in [0.717, 1.165) is 10.8 Å². The molecule has 2 aromatic carbocycles. The molecule has 7 heteroatoms. The minimum Gasteiger partial charge on any atom is -0.354 e. The average Bonchev–Trinajstić information content (AvgIpc) is 3.00. The predicted octanol–water partition coefficient (Wildman–Crippen LogP) is 3.21. The van der Waals surface area contributed by atoms with Crippen molar-refractivity contribution < 1.29 is 13.2 Å². The lowest BCUT2D eigenvalue weighted by Gasteiger charge is -2.24. The van der Waals surface area contributed by atoms with Crippen LogP contribution in [0.1, 0.15) is 33.1 Å². The van der Waals surface area contributed by atoms with E-state index in [1.54, 1.807) is 12.1 Å². The summed E-state index contributed by atoms with van der Waals surface area (Å²) >= 11 is 4.51. The number of fused-ring (bicyclic) bond motifs is 1. The number of thiol groups is 1. The third-order valence-corrected chi connectivity index (χ3v) is 7.11. The zero-order chi connectivity index (χ0) is 19.6. The maximum absolute atomic E-state index is 13.2. The Morgan fingerprint density at radius 3 is 2.63 bits per heavy atom. The third kappa shape index (κ3) is 4.65. The molecule has 1 N–H and O–H groups in total. The summed E-state index contributed by atoms with van der Waals surface area (Å²) in [7, 11) is -3.63. The number of benzene rings is 2. The van der Waals surface area contributed by atoms with Gasteiger partial charge in [0.05, 0.1) is 4.90 Å². The quantitative estimate of drug-likeness (QED) is 0.724. The second kappa shape index (κ2) is 8.20. The van der Waals surface area contributed by atoms with Crippen LogP contribution in [-0.4, -0.2) is 42.5 Å². The Morgan fingerprint density at radius 2 is 1.93 bits per heavy atom. The van der Waals surface area contributed by atoms with E-state index in [1.807, 2.05) is 44.2 Å². The van der Waals surface area contributed by atoms with Gasteiger partial charge in [0.2, 0.25) is 15.9 Å². The monoisotopic (exact) mass is 406 g/mol. The van der Waals surface area contributed by atoms with E-state index >= 15 is 0 Å². The van der Waals surface area contributed by atoms with Crippen molar-refractivity contribution >= 4 is 39.3 Å². The standard InChI is InChI=1S/C20H26N2O3S2/c1-14(2)21-20(23)10-8-17-12-18(26)13-22(17)27(24,25)19-9-7-15-5-3-4-6-16(15)11-19/h3-7,9,11,14,17-18,26H,8,10,12-13H2,1-2H3,(H,21,23)/t17-,18-/m1/s1. The van der Waals surface area contributed by atoms with E-state index in [9.17, 15) is 13.2 Å². The van der Waals surface area contributed by atoms with Gasteiger partial charge in [-0.3, -0.25) is 4.79 Å². The Bertz CT molecular complexity index is 928. The summed E-state index contributed by atoms with van der Waals surface area (Å²) in [5, 5.41) is 4.74. The molecule has 1 heterocycles. The second-order valence-corrected chi connectivity index (χ2v) is 10.0. The van der Waals surface area contributed by atoms with Gasteiger partial charge in [0.1, 0.15) is 0 Å². The van der Waals surface area contributed by atoms with Crippen LogP contribution in [0, 0.1) is 0 Å². The third-order valence-electron chi connectivity index (χ3n) is 4.82.